The molecule has 2 heterocycles. The highest BCUT2D eigenvalue weighted by molar-refractivity contribution is 6.04. The molecule has 174 valence electrons. The third-order valence-corrected chi connectivity index (χ3v) is 5.99. The van der Waals surface area contributed by atoms with Gasteiger partial charge in [0, 0.05) is 24.1 Å². The van der Waals surface area contributed by atoms with Crippen molar-refractivity contribution in [2.24, 2.45) is 0 Å². The maximum absolute atomic E-state index is 15.5. The lowest BCUT2D eigenvalue weighted by Crippen LogP contribution is -2.58. The van der Waals surface area contributed by atoms with Gasteiger partial charge in [0.1, 0.15) is 17.4 Å². The number of ether oxygens (including phenoxy) is 1. The van der Waals surface area contributed by atoms with E-state index in [9.17, 15) is 18.4 Å². The van der Waals surface area contributed by atoms with Crippen molar-refractivity contribution in [3.63, 3.8) is 0 Å². The number of fused-ring (bicyclic) bond motifs is 2. The Balaban J connectivity index is 1.60. The minimum absolute atomic E-state index is 0.0402. The van der Waals surface area contributed by atoms with Gasteiger partial charge in [0.05, 0.1) is 36.6 Å². The minimum atomic E-state index is -3.83. The molecule has 5 nitrogen and oxygen atoms in total. The zero-order chi connectivity index (χ0) is 23.9. The van der Waals surface area contributed by atoms with Crippen LogP contribution in [0.3, 0.4) is 0 Å². The molecular weight excluding hydrogens is 440 g/mol. The second-order valence-electron chi connectivity index (χ2n) is 8.33. The number of anilines is 1. The average Bonchev–Trinajstić information content (AvgIpc) is 2.75. The van der Waals surface area contributed by atoms with Crippen LogP contribution in [0.1, 0.15) is 34.3 Å². The molecule has 0 saturated carbocycles. The Kier molecular flexibility index (Phi) is 6.00. The number of hydrogen-bond acceptors (Lipinski definition) is 4. The lowest BCUT2D eigenvalue weighted by Gasteiger charge is -2.48. The zero-order valence-corrected chi connectivity index (χ0v) is 17.8. The number of alkyl halides is 2. The lowest BCUT2D eigenvalue weighted by atomic mass is 9.90. The zero-order valence-electron chi connectivity index (χ0n) is 17.8. The summed E-state index contributed by atoms with van der Waals surface area (Å²) in [5, 5.41) is 2.49. The van der Waals surface area contributed by atoms with E-state index in [-0.39, 0.29) is 43.1 Å². The number of piperidine rings is 1. The summed E-state index contributed by atoms with van der Waals surface area (Å²) in [6.07, 6.45) is 0.0984. The van der Waals surface area contributed by atoms with Gasteiger partial charge in [-0.15, -0.1) is 0 Å². The smallest absolute Gasteiger partial charge is 0.314 e. The number of benzene rings is 2. The quantitative estimate of drug-likeness (QED) is 0.662. The summed E-state index contributed by atoms with van der Waals surface area (Å²) in [5.41, 5.74) is -1.26. The fraction of sp³-hybridized carbons (Fsp3) is 0.333. The molecule has 2 bridgehead atoms. The molecule has 2 saturated heterocycles. The highest BCUT2D eigenvalue weighted by Gasteiger charge is 2.48. The number of morpholine rings is 1. The summed E-state index contributed by atoms with van der Waals surface area (Å²) in [5.74, 6) is -6.27. The first-order valence-corrected chi connectivity index (χ1v) is 10.4. The molecule has 0 aliphatic carbocycles. The third kappa shape index (κ3) is 4.37. The van der Waals surface area contributed by atoms with Gasteiger partial charge in [0.25, 0.3) is 5.91 Å². The summed E-state index contributed by atoms with van der Waals surface area (Å²) in [4.78, 5) is 25.9. The number of allylic oxidation sites excluding steroid dienone is 1. The topological polar surface area (TPSA) is 58.6 Å². The maximum Gasteiger partial charge on any atom is 0.314 e. The van der Waals surface area contributed by atoms with Crippen LogP contribution in [0, 0.1) is 18.6 Å². The summed E-state index contributed by atoms with van der Waals surface area (Å²) in [6.45, 7) is 5.25. The number of aryl methyl sites for hydroxylation is 1. The molecule has 2 aliphatic heterocycles. The van der Waals surface area contributed by atoms with Gasteiger partial charge in [0.2, 0.25) is 0 Å². The average molecular weight is 462 g/mol. The van der Waals surface area contributed by atoms with E-state index in [1.165, 1.54) is 30.0 Å². The van der Waals surface area contributed by atoms with E-state index in [2.05, 4.69) is 11.9 Å². The van der Waals surface area contributed by atoms with Crippen molar-refractivity contribution < 1.29 is 31.9 Å². The Morgan fingerprint density at radius 3 is 2.36 bits per heavy atom. The fourth-order valence-corrected chi connectivity index (χ4v) is 4.31. The van der Waals surface area contributed by atoms with Crippen LogP contribution in [0.5, 0.6) is 0 Å². The number of hydrogen-bond donors (Lipinski definition) is 1. The van der Waals surface area contributed by atoms with E-state index < -0.39 is 46.8 Å². The van der Waals surface area contributed by atoms with Gasteiger partial charge in [-0.05, 0) is 48.9 Å². The number of nitrogens with one attached hydrogen (secondary N) is 1. The molecule has 1 N–H and O–H groups in total. The van der Waals surface area contributed by atoms with E-state index in [0.29, 0.717) is 5.56 Å². The number of amides is 1. The second kappa shape index (κ2) is 8.62. The van der Waals surface area contributed by atoms with Gasteiger partial charge in [-0.2, -0.15) is 8.78 Å². The van der Waals surface area contributed by atoms with Crippen LogP contribution in [0.25, 0.3) is 0 Å². The maximum atomic E-state index is 15.5. The highest BCUT2D eigenvalue weighted by atomic mass is 19.3. The van der Waals surface area contributed by atoms with Crippen molar-refractivity contribution in [3.8, 4) is 0 Å². The van der Waals surface area contributed by atoms with Crippen molar-refractivity contribution in [2.45, 2.75) is 37.8 Å². The van der Waals surface area contributed by atoms with E-state index in [1.54, 1.807) is 0 Å². The predicted molar refractivity (Wildman–Crippen MR) is 113 cm³/mol. The number of carbonyl (C=O) groups excluding carboxylic acids is 2. The number of Topliss-reactive ketones (excluding diaryl/α,β-unsaturated/α-hetero) is 1. The molecular formula is C24H22F4N2O3. The molecule has 1 amide bonds. The monoisotopic (exact) mass is 462 g/mol. The Hall–Kier alpha value is -3.20. The van der Waals surface area contributed by atoms with Gasteiger partial charge in [-0.3, -0.25) is 9.59 Å². The van der Waals surface area contributed by atoms with Crippen LogP contribution in [-0.2, 0) is 15.5 Å². The molecule has 2 atom stereocenters. The van der Waals surface area contributed by atoms with Gasteiger partial charge < -0.3 is 15.0 Å². The SMILES string of the molecule is C=C(N1[C@@H]2COC[C@H]1CC(=O)C2)C(F)(F)c1cc(C(=O)Nc2ccc(F)c(C)c2)ccc1F. The van der Waals surface area contributed by atoms with Crippen molar-refractivity contribution in [3.05, 3.63) is 77.0 Å². The summed E-state index contributed by atoms with van der Waals surface area (Å²) >= 11 is 0. The fourth-order valence-electron chi connectivity index (χ4n) is 4.31. The van der Waals surface area contributed by atoms with Gasteiger partial charge >= 0.3 is 5.92 Å². The summed E-state index contributed by atoms with van der Waals surface area (Å²) < 4.78 is 64.4. The van der Waals surface area contributed by atoms with E-state index >= 15 is 8.78 Å². The van der Waals surface area contributed by atoms with Crippen LogP contribution >= 0.6 is 0 Å². The largest absolute Gasteiger partial charge is 0.377 e. The van der Waals surface area contributed by atoms with Gasteiger partial charge in [0.15, 0.2) is 0 Å². The number of rotatable bonds is 5. The summed E-state index contributed by atoms with van der Waals surface area (Å²) in [7, 11) is 0. The molecule has 2 aromatic carbocycles. The molecule has 0 aromatic heterocycles. The van der Waals surface area contributed by atoms with E-state index in [0.717, 1.165) is 18.2 Å². The molecule has 2 fully saturated rings. The Morgan fingerprint density at radius 2 is 1.73 bits per heavy atom. The van der Waals surface area contributed by atoms with Crippen molar-refractivity contribution in [1.82, 2.24) is 4.90 Å². The molecule has 2 aliphatic rings. The molecule has 2 aromatic rings. The first-order chi connectivity index (χ1) is 15.6. The number of carbonyl (C=O) groups is 2. The minimum Gasteiger partial charge on any atom is -0.377 e. The number of halogens is 4. The third-order valence-electron chi connectivity index (χ3n) is 5.99. The lowest BCUT2D eigenvalue weighted by molar-refractivity contribution is -0.137. The normalized spacial score (nSPS) is 20.5. The molecule has 33 heavy (non-hydrogen) atoms. The standard InChI is InChI=1S/C24H22F4N2O3/c1-13-7-16(4-6-21(13)25)29-23(32)15-3-5-22(26)20(8-15)24(27,28)14(2)30-17-9-19(31)10-18(30)12-33-11-17/h3-8,17-18H,2,9-12H2,1H3,(H,29,32)/t17-,18+. The second-order valence-corrected chi connectivity index (χ2v) is 8.33. The predicted octanol–water partition coefficient (Wildman–Crippen LogP) is 4.56. The van der Waals surface area contributed by atoms with Gasteiger partial charge in [-0.25, -0.2) is 8.78 Å². The van der Waals surface area contributed by atoms with Crippen LogP contribution in [0.4, 0.5) is 23.2 Å². The van der Waals surface area contributed by atoms with Gasteiger partial charge in [-0.1, -0.05) is 6.58 Å². The van der Waals surface area contributed by atoms with Crippen LogP contribution in [-0.4, -0.2) is 41.9 Å². The number of ketones is 1. The van der Waals surface area contributed by atoms with Crippen molar-refractivity contribution in [2.75, 3.05) is 18.5 Å². The highest BCUT2D eigenvalue weighted by Crippen LogP contribution is 2.42. The number of nitrogens with zero attached hydrogens (tertiary/aromatic N) is 1. The molecule has 4 rings (SSSR count). The first-order valence-electron chi connectivity index (χ1n) is 10.4. The van der Waals surface area contributed by atoms with Crippen molar-refractivity contribution >= 4 is 17.4 Å². The first kappa shape index (κ1) is 23.0. The Morgan fingerprint density at radius 1 is 1.09 bits per heavy atom. The molecule has 9 heteroatoms. The van der Waals surface area contributed by atoms with Crippen LogP contribution in [0.2, 0.25) is 0 Å². The van der Waals surface area contributed by atoms with Crippen LogP contribution in [0.15, 0.2) is 48.7 Å². The summed E-state index contributed by atoms with van der Waals surface area (Å²) in [6, 6.07) is 5.37. The van der Waals surface area contributed by atoms with E-state index in [4.69, 9.17) is 4.74 Å². The Bertz CT molecular complexity index is 1120. The van der Waals surface area contributed by atoms with Crippen LogP contribution < -0.4 is 5.32 Å². The molecule has 0 unspecified atom stereocenters. The molecule has 0 spiro atoms. The van der Waals surface area contributed by atoms with Crippen molar-refractivity contribution in [1.29, 1.82) is 0 Å². The van der Waals surface area contributed by atoms with E-state index in [1.807, 2.05) is 0 Å². The Labute approximate surface area is 188 Å². The molecule has 0 radical (unpaired) electrons.